The van der Waals surface area contributed by atoms with Crippen molar-refractivity contribution in [2.45, 2.75) is 63.6 Å². The van der Waals surface area contributed by atoms with Gasteiger partial charge in [-0.25, -0.2) is 19.1 Å². The number of rotatable bonds is 17. The van der Waals surface area contributed by atoms with E-state index < -0.39 is 49.1 Å². The number of carboxylic acid groups (broad SMARTS) is 3. The molecule has 6 N–H and O–H groups in total. The zero-order valence-electron chi connectivity index (χ0n) is 18.4. The van der Waals surface area contributed by atoms with Crippen LogP contribution in [0.4, 0.5) is 9.18 Å². The molecule has 14 nitrogen and oxygen atoms in total. The summed E-state index contributed by atoms with van der Waals surface area (Å²) in [4.78, 5) is 56.9. The Balaban J connectivity index is 2.34. The molecule has 1 unspecified atom stereocenters. The van der Waals surface area contributed by atoms with Crippen LogP contribution in [0.2, 0.25) is 0 Å². The van der Waals surface area contributed by atoms with Gasteiger partial charge in [0.05, 0.1) is 12.4 Å². The van der Waals surface area contributed by atoms with Gasteiger partial charge in [-0.3, -0.25) is 14.0 Å². The van der Waals surface area contributed by atoms with E-state index in [-0.39, 0.29) is 31.8 Å². The predicted octanol–water partition coefficient (Wildman–Crippen LogP) is -0.463. The zero-order valence-corrected chi connectivity index (χ0v) is 18.4. The monoisotopic (exact) mass is 488 g/mol. The highest BCUT2D eigenvalue weighted by molar-refractivity contribution is 5.86. The molecule has 1 heterocycles. The van der Waals surface area contributed by atoms with Gasteiger partial charge in [-0.15, -0.1) is 5.10 Å². The van der Waals surface area contributed by atoms with Crippen molar-refractivity contribution in [1.82, 2.24) is 30.9 Å². The Morgan fingerprint density at radius 3 is 2.21 bits per heavy atom. The molecule has 0 spiro atoms. The molecule has 0 fully saturated rings. The van der Waals surface area contributed by atoms with Gasteiger partial charge in [0.1, 0.15) is 18.6 Å². The summed E-state index contributed by atoms with van der Waals surface area (Å²) in [6, 6.07) is -3.83. The molecule has 0 aromatic carbocycles. The summed E-state index contributed by atoms with van der Waals surface area (Å²) in [6.45, 7) is -0.294. The molecule has 0 saturated heterocycles. The third-order valence-corrected chi connectivity index (χ3v) is 4.55. The lowest BCUT2D eigenvalue weighted by atomic mass is 10.1. The van der Waals surface area contributed by atoms with Crippen molar-refractivity contribution in [2.75, 3.05) is 13.2 Å². The van der Waals surface area contributed by atoms with Gasteiger partial charge >= 0.3 is 23.9 Å². The molecule has 0 aliphatic rings. The summed E-state index contributed by atoms with van der Waals surface area (Å²) >= 11 is 0. The van der Waals surface area contributed by atoms with E-state index in [0.29, 0.717) is 31.4 Å². The number of hydrogen-bond donors (Lipinski definition) is 6. The second kappa shape index (κ2) is 15.1. The fourth-order valence-corrected chi connectivity index (χ4v) is 2.82. The van der Waals surface area contributed by atoms with Gasteiger partial charge in [0.2, 0.25) is 5.91 Å². The number of unbranched alkanes of at least 4 members (excludes halogenated alkanes) is 1. The van der Waals surface area contributed by atoms with Crippen LogP contribution in [0.5, 0.6) is 0 Å². The summed E-state index contributed by atoms with van der Waals surface area (Å²) in [6.07, 6.45) is 2.22. The highest BCUT2D eigenvalue weighted by Gasteiger charge is 2.24. The van der Waals surface area contributed by atoms with Crippen molar-refractivity contribution in [1.29, 1.82) is 0 Å². The number of aromatic nitrogens is 3. The molecule has 34 heavy (non-hydrogen) atoms. The molecule has 1 aromatic heterocycles. The molecule has 0 saturated carbocycles. The van der Waals surface area contributed by atoms with Crippen molar-refractivity contribution in [3.63, 3.8) is 0 Å². The maximum atomic E-state index is 12.2. The summed E-state index contributed by atoms with van der Waals surface area (Å²) < 4.78 is 13.5. The minimum absolute atomic E-state index is 0.0203. The summed E-state index contributed by atoms with van der Waals surface area (Å²) in [5.74, 6) is -4.34. The van der Waals surface area contributed by atoms with Crippen molar-refractivity contribution >= 4 is 29.8 Å². The fourth-order valence-electron chi connectivity index (χ4n) is 2.82. The zero-order chi connectivity index (χ0) is 25.5. The maximum Gasteiger partial charge on any atom is 0.326 e. The number of alkyl halides is 1. The van der Waals surface area contributed by atoms with E-state index in [0.717, 1.165) is 0 Å². The number of aliphatic carboxylic acids is 3. The smallest absolute Gasteiger partial charge is 0.326 e. The Morgan fingerprint density at radius 1 is 0.971 bits per heavy atom. The number of urea groups is 1. The molecular weight excluding hydrogens is 459 g/mol. The van der Waals surface area contributed by atoms with Crippen LogP contribution in [0, 0.1) is 0 Å². The molecular formula is C19H29FN6O8. The second-order valence-corrected chi connectivity index (χ2v) is 7.38. The second-order valence-electron chi connectivity index (χ2n) is 7.38. The molecule has 0 aliphatic heterocycles. The number of carbonyl (C=O) groups is 5. The number of nitrogens with one attached hydrogen (secondary N) is 3. The predicted molar refractivity (Wildman–Crippen MR) is 113 cm³/mol. The van der Waals surface area contributed by atoms with E-state index in [1.54, 1.807) is 6.20 Å². The largest absolute Gasteiger partial charge is 0.481 e. The molecule has 0 aliphatic carbocycles. The van der Waals surface area contributed by atoms with Crippen LogP contribution < -0.4 is 16.0 Å². The van der Waals surface area contributed by atoms with Crippen molar-refractivity contribution in [3.05, 3.63) is 11.9 Å². The number of aryl methyl sites for hydroxylation is 1. The first-order valence-corrected chi connectivity index (χ1v) is 10.6. The Bertz CT molecular complexity index is 849. The fraction of sp³-hybridized carbons (Fsp3) is 0.632. The third kappa shape index (κ3) is 11.7. The molecule has 0 bridgehead atoms. The Morgan fingerprint density at radius 2 is 1.62 bits per heavy atom. The summed E-state index contributed by atoms with van der Waals surface area (Å²) in [5, 5.41) is 41.4. The van der Waals surface area contributed by atoms with Crippen molar-refractivity contribution in [2.24, 2.45) is 0 Å². The van der Waals surface area contributed by atoms with Gasteiger partial charge in [0.15, 0.2) is 0 Å². The van der Waals surface area contributed by atoms with E-state index in [9.17, 15) is 33.5 Å². The van der Waals surface area contributed by atoms with Gasteiger partial charge < -0.3 is 31.3 Å². The van der Waals surface area contributed by atoms with Gasteiger partial charge in [-0.2, -0.15) is 0 Å². The third-order valence-electron chi connectivity index (χ3n) is 4.55. The van der Waals surface area contributed by atoms with Crippen LogP contribution in [0.15, 0.2) is 6.20 Å². The number of carboxylic acids is 3. The first kappa shape index (κ1) is 28.3. The Labute approximate surface area is 193 Å². The van der Waals surface area contributed by atoms with Crippen molar-refractivity contribution in [3.8, 4) is 0 Å². The first-order valence-electron chi connectivity index (χ1n) is 10.6. The Kier molecular flexibility index (Phi) is 12.6. The van der Waals surface area contributed by atoms with E-state index in [2.05, 4.69) is 20.9 Å². The van der Waals surface area contributed by atoms with E-state index >= 15 is 0 Å². The van der Waals surface area contributed by atoms with E-state index in [1.807, 2.05) is 5.32 Å². The van der Waals surface area contributed by atoms with Crippen LogP contribution in [0.1, 0.15) is 44.2 Å². The minimum atomic E-state index is -1.48. The summed E-state index contributed by atoms with van der Waals surface area (Å²) in [5.41, 5.74) is 0.582. The average molecular weight is 488 g/mol. The minimum Gasteiger partial charge on any atom is -0.481 e. The van der Waals surface area contributed by atoms with Crippen LogP contribution in [0.25, 0.3) is 0 Å². The van der Waals surface area contributed by atoms with Gasteiger partial charge in [0.25, 0.3) is 0 Å². The highest BCUT2D eigenvalue weighted by atomic mass is 19.1. The maximum absolute atomic E-state index is 12.2. The molecule has 1 aromatic rings. The first-order chi connectivity index (χ1) is 16.1. The molecule has 15 heteroatoms. The lowest BCUT2D eigenvalue weighted by Gasteiger charge is -2.18. The molecule has 1 rings (SSSR count). The number of amides is 3. The topological polar surface area (TPSA) is 213 Å². The van der Waals surface area contributed by atoms with Crippen LogP contribution in [0.3, 0.4) is 0 Å². The SMILES string of the molecule is O=C(O)CC[C@H](NC(=O)NC(CCCCNC(=O)Cn1cc(CCCF)nn1)C(=O)O)C(=O)O. The van der Waals surface area contributed by atoms with Crippen molar-refractivity contribution < 1.29 is 43.7 Å². The molecule has 190 valence electrons. The van der Waals surface area contributed by atoms with Gasteiger partial charge in [-0.1, -0.05) is 5.21 Å². The highest BCUT2D eigenvalue weighted by Crippen LogP contribution is 2.03. The molecule has 3 amide bonds. The lowest BCUT2D eigenvalue weighted by molar-refractivity contribution is -0.140. The van der Waals surface area contributed by atoms with Gasteiger partial charge in [-0.05, 0) is 38.5 Å². The quantitative estimate of drug-likeness (QED) is 0.155. The molecule has 2 atom stereocenters. The molecule has 0 radical (unpaired) electrons. The summed E-state index contributed by atoms with van der Waals surface area (Å²) in [7, 11) is 0. The number of nitrogens with zero attached hydrogens (tertiary/aromatic N) is 3. The van der Waals surface area contributed by atoms with E-state index in [1.165, 1.54) is 4.68 Å². The normalized spacial score (nSPS) is 12.4. The van der Waals surface area contributed by atoms with Crippen LogP contribution >= 0.6 is 0 Å². The number of halogens is 1. The van der Waals surface area contributed by atoms with Crippen LogP contribution in [-0.2, 0) is 32.1 Å². The number of carbonyl (C=O) groups excluding carboxylic acids is 2. The van der Waals surface area contributed by atoms with Crippen LogP contribution in [-0.4, -0.2) is 85.5 Å². The Hall–Kier alpha value is -3.78. The van der Waals surface area contributed by atoms with E-state index in [4.69, 9.17) is 10.2 Å². The standard InChI is InChI=1S/C19H29FN6O8/c20-8-3-4-12-10-26(25-24-12)11-15(27)21-9-2-1-5-13(17(30)31)22-19(34)23-14(18(32)33)6-7-16(28)29/h10,13-14H,1-9,11H2,(H,21,27)(H,28,29)(H,30,31)(H,32,33)(H2,22,23,34)/t13?,14-/m0/s1. The average Bonchev–Trinajstić information content (AvgIpc) is 3.20. The lowest BCUT2D eigenvalue weighted by Crippen LogP contribution is -2.51. The number of hydrogen-bond acceptors (Lipinski definition) is 7. The van der Waals surface area contributed by atoms with Gasteiger partial charge in [0, 0.05) is 19.2 Å².